The molecule has 1 heterocycles. The highest BCUT2D eigenvalue weighted by molar-refractivity contribution is 6.30. The fourth-order valence-electron chi connectivity index (χ4n) is 2.26. The van der Waals surface area contributed by atoms with Gasteiger partial charge in [0.25, 0.3) is 0 Å². The second-order valence-electron chi connectivity index (χ2n) is 5.45. The number of aromatic nitrogens is 1. The summed E-state index contributed by atoms with van der Waals surface area (Å²) in [7, 11) is 0. The van der Waals surface area contributed by atoms with Crippen molar-refractivity contribution in [2.24, 2.45) is 0 Å². The second kappa shape index (κ2) is 7.77. The summed E-state index contributed by atoms with van der Waals surface area (Å²) < 4.78 is 44.5. The van der Waals surface area contributed by atoms with Gasteiger partial charge >= 0.3 is 6.18 Å². The van der Waals surface area contributed by atoms with Crippen molar-refractivity contribution in [1.29, 1.82) is 0 Å². The van der Waals surface area contributed by atoms with E-state index >= 15 is 0 Å². The summed E-state index contributed by atoms with van der Waals surface area (Å²) in [6.45, 7) is 2.51. The van der Waals surface area contributed by atoms with E-state index in [0.29, 0.717) is 5.76 Å². The van der Waals surface area contributed by atoms with Crippen LogP contribution in [0.15, 0.2) is 28.8 Å². The molecule has 2 rings (SSSR count). The highest BCUT2D eigenvalue weighted by Crippen LogP contribution is 2.38. The lowest BCUT2D eigenvalue weighted by Gasteiger charge is -2.24. The highest BCUT2D eigenvalue weighted by Gasteiger charge is 2.36. The monoisotopic (exact) mass is 389 g/mol. The highest BCUT2D eigenvalue weighted by atomic mass is 35.5. The van der Waals surface area contributed by atoms with Crippen LogP contribution in [0.5, 0.6) is 0 Å². The largest absolute Gasteiger partial charge is 0.418 e. The summed E-state index contributed by atoms with van der Waals surface area (Å²) in [5.41, 5.74) is -1.41. The summed E-state index contributed by atoms with van der Waals surface area (Å²) in [4.78, 5) is 24.7. The third-order valence-corrected chi connectivity index (χ3v) is 3.63. The zero-order valence-corrected chi connectivity index (χ0v) is 14.6. The number of carbonyl (C=O) groups excluding carboxylic acids is 2. The Labute approximate surface area is 151 Å². The second-order valence-corrected chi connectivity index (χ2v) is 5.89. The van der Waals surface area contributed by atoms with Crippen molar-refractivity contribution in [2.75, 3.05) is 16.8 Å². The first-order valence-electron chi connectivity index (χ1n) is 7.46. The minimum Gasteiger partial charge on any atom is -0.360 e. The van der Waals surface area contributed by atoms with Gasteiger partial charge in [0.15, 0.2) is 5.82 Å². The lowest BCUT2D eigenvalue weighted by molar-refractivity contribution is -0.137. The third kappa shape index (κ3) is 4.98. The van der Waals surface area contributed by atoms with E-state index in [-0.39, 0.29) is 29.5 Å². The maximum absolute atomic E-state index is 13.2. The Morgan fingerprint density at radius 1 is 1.31 bits per heavy atom. The molecule has 1 aromatic carbocycles. The molecule has 0 fully saturated rings. The summed E-state index contributed by atoms with van der Waals surface area (Å²) in [6, 6.07) is 4.58. The number of hydrogen-bond donors (Lipinski definition) is 1. The SMILES string of the molecule is CC(=O)N(CCC(=O)Nc1cc(C)on1)c1ccc(Cl)cc1C(F)(F)F. The van der Waals surface area contributed by atoms with Gasteiger partial charge in [-0.1, -0.05) is 16.8 Å². The van der Waals surface area contributed by atoms with Crippen LogP contribution in [-0.4, -0.2) is 23.5 Å². The van der Waals surface area contributed by atoms with Crippen molar-refractivity contribution in [3.8, 4) is 0 Å². The van der Waals surface area contributed by atoms with Gasteiger partial charge in [0.05, 0.1) is 11.3 Å². The number of alkyl halides is 3. The van der Waals surface area contributed by atoms with Crippen molar-refractivity contribution in [2.45, 2.75) is 26.4 Å². The van der Waals surface area contributed by atoms with Crippen molar-refractivity contribution in [3.63, 3.8) is 0 Å². The van der Waals surface area contributed by atoms with Crippen molar-refractivity contribution in [1.82, 2.24) is 5.16 Å². The fraction of sp³-hybridized carbons (Fsp3) is 0.312. The molecule has 0 bridgehead atoms. The number of hydrogen-bond acceptors (Lipinski definition) is 4. The molecular weight excluding hydrogens is 375 g/mol. The number of carbonyl (C=O) groups is 2. The van der Waals surface area contributed by atoms with E-state index in [1.165, 1.54) is 12.1 Å². The molecule has 0 saturated heterocycles. The Bertz CT molecular complexity index is 821. The van der Waals surface area contributed by atoms with Gasteiger partial charge in [0.2, 0.25) is 11.8 Å². The minimum absolute atomic E-state index is 0.108. The molecular formula is C16H15ClF3N3O3. The summed E-state index contributed by atoms with van der Waals surface area (Å²) in [6.07, 6.45) is -4.93. The molecule has 2 amide bonds. The van der Waals surface area contributed by atoms with Crippen LogP contribution in [-0.2, 0) is 15.8 Å². The predicted octanol–water partition coefficient (Wildman–Crippen LogP) is 4.04. The lowest BCUT2D eigenvalue weighted by Crippen LogP contribution is -2.33. The standard InChI is InChI=1S/C16H15ClF3N3O3/c1-9-7-14(22-26-9)21-15(25)5-6-23(10(2)24)13-4-3-11(17)8-12(13)16(18,19)20/h3-4,7-8H,5-6H2,1-2H3,(H,21,22,25). The Balaban J connectivity index is 2.17. The first kappa shape index (κ1) is 19.8. The van der Waals surface area contributed by atoms with Crippen LogP contribution in [0.3, 0.4) is 0 Å². The van der Waals surface area contributed by atoms with E-state index < -0.39 is 23.6 Å². The summed E-state index contributed by atoms with van der Waals surface area (Å²) >= 11 is 5.64. The van der Waals surface area contributed by atoms with Crippen LogP contribution in [0.25, 0.3) is 0 Å². The number of halogens is 4. The Morgan fingerprint density at radius 2 is 2.00 bits per heavy atom. The molecule has 1 aromatic heterocycles. The van der Waals surface area contributed by atoms with Crippen LogP contribution in [0.1, 0.15) is 24.7 Å². The first-order chi connectivity index (χ1) is 12.1. The minimum atomic E-state index is -4.70. The number of amides is 2. The van der Waals surface area contributed by atoms with Crippen molar-refractivity contribution in [3.05, 3.63) is 40.6 Å². The van der Waals surface area contributed by atoms with Gasteiger partial charge < -0.3 is 14.7 Å². The number of nitrogens with one attached hydrogen (secondary N) is 1. The van der Waals surface area contributed by atoms with Gasteiger partial charge in [0.1, 0.15) is 5.76 Å². The quantitative estimate of drug-likeness (QED) is 0.837. The Kier molecular flexibility index (Phi) is 5.91. The molecule has 0 saturated carbocycles. The van der Waals surface area contributed by atoms with E-state index in [9.17, 15) is 22.8 Å². The number of anilines is 2. The Hall–Kier alpha value is -2.55. The number of benzene rings is 1. The predicted molar refractivity (Wildman–Crippen MR) is 89.0 cm³/mol. The van der Waals surface area contributed by atoms with Gasteiger partial charge in [-0.15, -0.1) is 0 Å². The van der Waals surface area contributed by atoms with Gasteiger partial charge in [-0.25, -0.2) is 0 Å². The molecule has 10 heteroatoms. The van der Waals surface area contributed by atoms with E-state index in [4.69, 9.17) is 16.1 Å². The normalized spacial score (nSPS) is 11.3. The molecule has 6 nitrogen and oxygen atoms in total. The van der Waals surface area contributed by atoms with Crippen molar-refractivity contribution >= 4 is 34.9 Å². The van der Waals surface area contributed by atoms with Gasteiger partial charge in [-0.2, -0.15) is 13.2 Å². The molecule has 0 atom stereocenters. The maximum Gasteiger partial charge on any atom is 0.418 e. The van der Waals surface area contributed by atoms with E-state index in [2.05, 4.69) is 10.5 Å². The molecule has 0 unspecified atom stereocenters. The van der Waals surface area contributed by atoms with Crippen LogP contribution in [0.2, 0.25) is 5.02 Å². The molecule has 0 spiro atoms. The summed E-state index contributed by atoms with van der Waals surface area (Å²) in [5, 5.41) is 5.91. The van der Waals surface area contributed by atoms with E-state index in [1.807, 2.05) is 0 Å². The van der Waals surface area contributed by atoms with E-state index in [0.717, 1.165) is 24.0 Å². The topological polar surface area (TPSA) is 75.4 Å². The molecule has 0 aliphatic heterocycles. The smallest absolute Gasteiger partial charge is 0.360 e. The van der Waals surface area contributed by atoms with E-state index in [1.54, 1.807) is 6.92 Å². The van der Waals surface area contributed by atoms with Crippen LogP contribution in [0, 0.1) is 6.92 Å². The molecule has 2 aromatic rings. The van der Waals surface area contributed by atoms with Crippen LogP contribution in [0.4, 0.5) is 24.7 Å². The lowest BCUT2D eigenvalue weighted by atomic mass is 10.1. The Morgan fingerprint density at radius 3 is 2.54 bits per heavy atom. The molecule has 0 aliphatic carbocycles. The molecule has 0 aliphatic rings. The molecule has 26 heavy (non-hydrogen) atoms. The first-order valence-corrected chi connectivity index (χ1v) is 7.83. The zero-order chi connectivity index (χ0) is 19.5. The van der Waals surface area contributed by atoms with Crippen LogP contribution < -0.4 is 10.2 Å². The maximum atomic E-state index is 13.2. The van der Waals surface area contributed by atoms with Crippen LogP contribution >= 0.6 is 11.6 Å². The van der Waals surface area contributed by atoms with Gasteiger partial charge in [-0.05, 0) is 25.1 Å². The number of aryl methyl sites for hydroxylation is 1. The van der Waals surface area contributed by atoms with Gasteiger partial charge in [-0.3, -0.25) is 9.59 Å². The third-order valence-electron chi connectivity index (χ3n) is 3.39. The number of rotatable bonds is 5. The fourth-order valence-corrected chi connectivity index (χ4v) is 2.43. The van der Waals surface area contributed by atoms with Gasteiger partial charge in [0, 0.05) is 31.0 Å². The molecule has 1 N–H and O–H groups in total. The van der Waals surface area contributed by atoms with Crippen molar-refractivity contribution < 1.29 is 27.3 Å². The number of nitrogens with zero attached hydrogens (tertiary/aromatic N) is 2. The molecule has 0 radical (unpaired) electrons. The molecule has 140 valence electrons. The zero-order valence-electron chi connectivity index (χ0n) is 13.9. The summed E-state index contributed by atoms with van der Waals surface area (Å²) in [5.74, 6) is -0.485. The average molecular weight is 390 g/mol. The average Bonchev–Trinajstić information content (AvgIpc) is 2.92.